The van der Waals surface area contributed by atoms with Crippen LogP contribution in [0.15, 0.2) is 59.1 Å². The molecule has 5 nitrogen and oxygen atoms in total. The number of carbonyl (C=O) groups excluding carboxylic acids is 2. The maximum atomic E-state index is 12.2. The molecule has 2 aromatic carbocycles. The van der Waals surface area contributed by atoms with Crippen LogP contribution in [0.4, 0.5) is 0 Å². The standard InChI is InChI=1S/C20H19BrN2O3/c1-26-18-9-5-15(6-10-18)20(25)22-17-12-23(13-17)19(24)11-4-14-2-7-16(21)8-3-14/h2-11,17H,12-13H2,1H3,(H,22,25). The zero-order chi connectivity index (χ0) is 18.5. The Labute approximate surface area is 160 Å². The number of likely N-dealkylation sites (tertiary alicyclic amines) is 1. The number of hydrogen-bond acceptors (Lipinski definition) is 3. The van der Waals surface area contributed by atoms with Crippen molar-refractivity contribution in [2.75, 3.05) is 20.2 Å². The predicted octanol–water partition coefficient (Wildman–Crippen LogP) is 3.11. The Balaban J connectivity index is 1.46. The lowest BCUT2D eigenvalue weighted by atomic mass is 10.1. The molecule has 1 aliphatic rings. The van der Waals surface area contributed by atoms with Crippen molar-refractivity contribution in [1.29, 1.82) is 0 Å². The molecule has 2 aromatic rings. The third-order valence-corrected chi connectivity index (χ3v) is 4.70. The van der Waals surface area contributed by atoms with E-state index in [4.69, 9.17) is 4.74 Å². The van der Waals surface area contributed by atoms with Crippen LogP contribution in [0.25, 0.3) is 6.08 Å². The number of ether oxygens (including phenoxy) is 1. The van der Waals surface area contributed by atoms with Gasteiger partial charge in [-0.15, -0.1) is 0 Å². The predicted molar refractivity (Wildman–Crippen MR) is 104 cm³/mol. The fraction of sp³-hybridized carbons (Fsp3) is 0.200. The molecule has 134 valence electrons. The first-order valence-corrected chi connectivity index (χ1v) is 9.02. The molecule has 0 aliphatic carbocycles. The van der Waals surface area contributed by atoms with Crippen LogP contribution in [-0.2, 0) is 4.79 Å². The number of rotatable bonds is 5. The molecule has 0 bridgehead atoms. The van der Waals surface area contributed by atoms with Crippen LogP contribution in [-0.4, -0.2) is 43.0 Å². The highest BCUT2D eigenvalue weighted by Crippen LogP contribution is 2.15. The lowest BCUT2D eigenvalue weighted by Gasteiger charge is -2.39. The number of benzene rings is 2. The van der Waals surface area contributed by atoms with Gasteiger partial charge < -0.3 is 15.0 Å². The molecular weight excluding hydrogens is 396 g/mol. The second-order valence-electron chi connectivity index (χ2n) is 6.03. The van der Waals surface area contributed by atoms with Gasteiger partial charge in [-0.2, -0.15) is 0 Å². The summed E-state index contributed by atoms with van der Waals surface area (Å²) < 4.78 is 6.08. The molecule has 6 heteroatoms. The SMILES string of the molecule is COc1ccc(C(=O)NC2CN(C(=O)C=Cc3ccc(Br)cc3)C2)cc1. The minimum atomic E-state index is -0.143. The molecule has 1 aliphatic heterocycles. The summed E-state index contributed by atoms with van der Waals surface area (Å²) in [6.45, 7) is 1.04. The molecule has 0 aromatic heterocycles. The van der Waals surface area contributed by atoms with E-state index in [0.717, 1.165) is 10.0 Å². The number of halogens is 1. The van der Waals surface area contributed by atoms with Gasteiger partial charge in [-0.05, 0) is 48.0 Å². The topological polar surface area (TPSA) is 58.6 Å². The van der Waals surface area contributed by atoms with E-state index in [0.29, 0.717) is 24.4 Å². The molecule has 1 fully saturated rings. The van der Waals surface area contributed by atoms with E-state index in [-0.39, 0.29) is 17.9 Å². The van der Waals surface area contributed by atoms with Crippen LogP contribution < -0.4 is 10.1 Å². The van der Waals surface area contributed by atoms with Crippen LogP contribution >= 0.6 is 15.9 Å². The van der Waals surface area contributed by atoms with Crippen molar-refractivity contribution in [1.82, 2.24) is 10.2 Å². The van der Waals surface area contributed by atoms with Crippen LogP contribution in [0.3, 0.4) is 0 Å². The molecule has 1 saturated heterocycles. The zero-order valence-corrected chi connectivity index (χ0v) is 15.9. The minimum Gasteiger partial charge on any atom is -0.497 e. The van der Waals surface area contributed by atoms with Crippen LogP contribution in [0.2, 0.25) is 0 Å². The second-order valence-corrected chi connectivity index (χ2v) is 6.94. The number of nitrogens with one attached hydrogen (secondary N) is 1. The van der Waals surface area contributed by atoms with E-state index in [1.54, 1.807) is 48.4 Å². The van der Waals surface area contributed by atoms with E-state index >= 15 is 0 Å². The van der Waals surface area contributed by atoms with Gasteiger partial charge in [0.25, 0.3) is 5.91 Å². The summed E-state index contributed by atoms with van der Waals surface area (Å²) in [5, 5.41) is 2.93. The Morgan fingerprint density at radius 3 is 2.38 bits per heavy atom. The van der Waals surface area contributed by atoms with Gasteiger partial charge in [-0.1, -0.05) is 28.1 Å². The summed E-state index contributed by atoms with van der Waals surface area (Å²) in [7, 11) is 1.58. The van der Waals surface area contributed by atoms with Crippen molar-refractivity contribution in [3.63, 3.8) is 0 Å². The smallest absolute Gasteiger partial charge is 0.251 e. The molecule has 26 heavy (non-hydrogen) atoms. The van der Waals surface area contributed by atoms with Gasteiger partial charge in [0.1, 0.15) is 5.75 Å². The molecule has 0 atom stereocenters. The van der Waals surface area contributed by atoms with E-state index in [9.17, 15) is 9.59 Å². The Morgan fingerprint density at radius 1 is 1.12 bits per heavy atom. The van der Waals surface area contributed by atoms with Gasteiger partial charge in [0.2, 0.25) is 5.91 Å². The number of carbonyl (C=O) groups is 2. The Bertz CT molecular complexity index is 810. The van der Waals surface area contributed by atoms with E-state index in [1.165, 1.54) is 0 Å². The first kappa shape index (κ1) is 18.2. The monoisotopic (exact) mass is 414 g/mol. The summed E-state index contributed by atoms with van der Waals surface area (Å²) in [5.74, 6) is 0.512. The van der Waals surface area contributed by atoms with E-state index in [2.05, 4.69) is 21.2 Å². The maximum absolute atomic E-state index is 12.2. The van der Waals surface area contributed by atoms with Crippen molar-refractivity contribution in [3.8, 4) is 5.75 Å². The average Bonchev–Trinajstić information content (AvgIpc) is 2.63. The third-order valence-electron chi connectivity index (χ3n) is 4.17. The Hall–Kier alpha value is -2.60. The molecule has 3 rings (SSSR count). The van der Waals surface area contributed by atoms with E-state index < -0.39 is 0 Å². The summed E-state index contributed by atoms with van der Waals surface area (Å²) in [5.41, 5.74) is 1.54. The molecule has 0 saturated carbocycles. The van der Waals surface area contributed by atoms with Gasteiger partial charge in [-0.25, -0.2) is 0 Å². The van der Waals surface area contributed by atoms with Gasteiger partial charge >= 0.3 is 0 Å². The van der Waals surface area contributed by atoms with Crippen LogP contribution in [0.5, 0.6) is 5.75 Å². The van der Waals surface area contributed by atoms with Crippen molar-refractivity contribution in [2.24, 2.45) is 0 Å². The molecule has 1 N–H and O–H groups in total. The number of nitrogens with zero attached hydrogens (tertiary/aromatic N) is 1. The number of hydrogen-bond donors (Lipinski definition) is 1. The summed E-state index contributed by atoms with van der Waals surface area (Å²) >= 11 is 3.38. The van der Waals surface area contributed by atoms with E-state index in [1.807, 2.05) is 24.3 Å². The van der Waals surface area contributed by atoms with Crippen LogP contribution in [0, 0.1) is 0 Å². The highest BCUT2D eigenvalue weighted by Gasteiger charge is 2.30. The van der Waals surface area contributed by atoms with Crippen molar-refractivity contribution >= 4 is 33.8 Å². The summed E-state index contributed by atoms with van der Waals surface area (Å²) in [4.78, 5) is 26.0. The highest BCUT2D eigenvalue weighted by atomic mass is 79.9. The first-order valence-electron chi connectivity index (χ1n) is 8.22. The third kappa shape index (κ3) is 4.52. The van der Waals surface area contributed by atoms with Gasteiger partial charge in [0.05, 0.1) is 13.2 Å². The fourth-order valence-electron chi connectivity index (χ4n) is 2.61. The largest absolute Gasteiger partial charge is 0.497 e. The fourth-order valence-corrected chi connectivity index (χ4v) is 2.87. The minimum absolute atomic E-state index is 0.0189. The molecular formula is C20H19BrN2O3. The average molecular weight is 415 g/mol. The Morgan fingerprint density at radius 2 is 1.77 bits per heavy atom. The lowest BCUT2D eigenvalue weighted by molar-refractivity contribution is -0.130. The van der Waals surface area contributed by atoms with Gasteiger partial charge in [-0.3, -0.25) is 9.59 Å². The number of methoxy groups -OCH3 is 1. The van der Waals surface area contributed by atoms with Crippen molar-refractivity contribution in [2.45, 2.75) is 6.04 Å². The maximum Gasteiger partial charge on any atom is 0.251 e. The van der Waals surface area contributed by atoms with Crippen molar-refractivity contribution < 1.29 is 14.3 Å². The lowest BCUT2D eigenvalue weighted by Crippen LogP contribution is -2.60. The van der Waals surface area contributed by atoms with Crippen molar-refractivity contribution in [3.05, 3.63) is 70.2 Å². The normalized spacial score (nSPS) is 14.2. The molecule has 1 heterocycles. The zero-order valence-electron chi connectivity index (χ0n) is 14.3. The summed E-state index contributed by atoms with van der Waals surface area (Å²) in [6.07, 6.45) is 3.35. The highest BCUT2D eigenvalue weighted by molar-refractivity contribution is 9.10. The van der Waals surface area contributed by atoms with Crippen LogP contribution in [0.1, 0.15) is 15.9 Å². The quantitative estimate of drug-likeness (QED) is 0.764. The Kier molecular flexibility index (Phi) is 5.73. The first-order chi connectivity index (χ1) is 12.5. The summed E-state index contributed by atoms with van der Waals surface area (Å²) in [6, 6.07) is 14.6. The van der Waals surface area contributed by atoms with Gasteiger partial charge in [0, 0.05) is 29.2 Å². The second kappa shape index (κ2) is 8.19. The molecule has 0 radical (unpaired) electrons. The molecule has 2 amide bonds. The molecule has 0 unspecified atom stereocenters. The van der Waals surface area contributed by atoms with Gasteiger partial charge in [0.15, 0.2) is 0 Å². The molecule has 0 spiro atoms. The number of amides is 2.